The summed E-state index contributed by atoms with van der Waals surface area (Å²) < 4.78 is 27.1. The van der Waals surface area contributed by atoms with Crippen LogP contribution in [0.15, 0.2) is 18.2 Å². The molecule has 2 unspecified atom stereocenters. The molecule has 1 aromatic carbocycles. The fourth-order valence-corrected chi connectivity index (χ4v) is 2.43. The quantitative estimate of drug-likeness (QED) is 0.848. The van der Waals surface area contributed by atoms with Crippen LogP contribution in [0.5, 0.6) is 0 Å². The second kappa shape index (κ2) is 7.05. The first-order chi connectivity index (χ1) is 10.4. The molecule has 2 atom stereocenters. The molecule has 0 spiro atoms. The van der Waals surface area contributed by atoms with Crippen molar-refractivity contribution in [3.63, 3.8) is 0 Å². The highest BCUT2D eigenvalue weighted by molar-refractivity contribution is 5.74. The Hall–Kier alpha value is -1.69. The number of aliphatic hydroxyl groups is 1. The highest BCUT2D eigenvalue weighted by Gasteiger charge is 2.31. The third-order valence-corrected chi connectivity index (χ3v) is 4.01. The van der Waals surface area contributed by atoms with Crippen LogP contribution in [0.4, 0.5) is 13.6 Å². The van der Waals surface area contributed by atoms with Gasteiger partial charge in [-0.05, 0) is 43.4 Å². The smallest absolute Gasteiger partial charge is 0.317 e. The molecule has 0 aromatic heterocycles. The first-order valence-corrected chi connectivity index (χ1v) is 7.57. The summed E-state index contributed by atoms with van der Waals surface area (Å²) >= 11 is 0. The first kappa shape index (κ1) is 16.7. The zero-order valence-electron chi connectivity index (χ0n) is 12.9. The van der Waals surface area contributed by atoms with Gasteiger partial charge in [-0.3, -0.25) is 0 Å². The molecule has 1 aliphatic carbocycles. The molecule has 0 bridgehead atoms. The van der Waals surface area contributed by atoms with E-state index in [2.05, 4.69) is 5.32 Å². The number of aliphatic hydroxyl groups excluding tert-OH is 1. The monoisotopic (exact) mass is 312 g/mol. The third kappa shape index (κ3) is 4.16. The second-order valence-corrected chi connectivity index (χ2v) is 5.86. The molecule has 2 amide bonds. The number of nitrogens with zero attached hydrogens (tertiary/aromatic N) is 1. The van der Waals surface area contributed by atoms with Crippen LogP contribution in [0.2, 0.25) is 0 Å². The van der Waals surface area contributed by atoms with Crippen molar-refractivity contribution in [2.45, 2.75) is 38.3 Å². The van der Waals surface area contributed by atoms with Gasteiger partial charge in [0.1, 0.15) is 11.6 Å². The van der Waals surface area contributed by atoms with E-state index in [1.54, 1.807) is 14.0 Å². The minimum atomic E-state index is -0.608. The van der Waals surface area contributed by atoms with Gasteiger partial charge >= 0.3 is 6.03 Å². The molecule has 1 fully saturated rings. The lowest BCUT2D eigenvalue weighted by Gasteiger charge is -2.25. The molecule has 6 heteroatoms. The van der Waals surface area contributed by atoms with Crippen molar-refractivity contribution >= 4 is 6.03 Å². The summed E-state index contributed by atoms with van der Waals surface area (Å²) in [6, 6.07) is 2.19. The number of amides is 2. The summed E-state index contributed by atoms with van der Waals surface area (Å²) in [6.45, 7) is 2.02. The van der Waals surface area contributed by atoms with Crippen LogP contribution in [-0.4, -0.2) is 35.7 Å². The van der Waals surface area contributed by atoms with Crippen LogP contribution in [0.25, 0.3) is 0 Å². The largest absolute Gasteiger partial charge is 0.391 e. The molecule has 1 saturated carbocycles. The Balaban J connectivity index is 1.99. The van der Waals surface area contributed by atoms with Gasteiger partial charge in [0, 0.05) is 19.2 Å². The second-order valence-electron chi connectivity index (χ2n) is 5.86. The molecular weight excluding hydrogens is 290 g/mol. The van der Waals surface area contributed by atoms with Gasteiger partial charge < -0.3 is 15.3 Å². The standard InChI is InChI=1S/C16H22F2N2O2/c1-3-14(12-8-11(17)6-7-13(12)18)19-16(22)20(2)9-15(21)10-4-5-10/h6-8,10,14-15,21H,3-5,9H2,1-2H3,(H,19,22). The molecule has 0 aliphatic heterocycles. The minimum Gasteiger partial charge on any atom is -0.391 e. The maximum Gasteiger partial charge on any atom is 0.317 e. The average molecular weight is 312 g/mol. The van der Waals surface area contributed by atoms with E-state index >= 15 is 0 Å². The van der Waals surface area contributed by atoms with Gasteiger partial charge in [0.2, 0.25) is 0 Å². The Labute approximate surface area is 129 Å². The molecule has 1 aromatic rings. The number of benzene rings is 1. The van der Waals surface area contributed by atoms with E-state index in [1.165, 1.54) is 4.90 Å². The lowest BCUT2D eigenvalue weighted by atomic mass is 10.0. The predicted octanol–water partition coefficient (Wildman–Crippen LogP) is 2.83. The Morgan fingerprint density at radius 2 is 2.14 bits per heavy atom. The van der Waals surface area contributed by atoms with E-state index in [4.69, 9.17) is 0 Å². The van der Waals surface area contributed by atoms with E-state index < -0.39 is 29.8 Å². The zero-order valence-corrected chi connectivity index (χ0v) is 12.9. The number of urea groups is 1. The van der Waals surface area contributed by atoms with Gasteiger partial charge in [-0.1, -0.05) is 6.92 Å². The van der Waals surface area contributed by atoms with E-state index in [0.717, 1.165) is 31.0 Å². The Bertz CT molecular complexity index is 535. The van der Waals surface area contributed by atoms with Crippen LogP contribution in [0.3, 0.4) is 0 Å². The number of halogens is 2. The number of hydrogen-bond donors (Lipinski definition) is 2. The summed E-state index contributed by atoms with van der Waals surface area (Å²) in [5.41, 5.74) is 0.131. The number of likely N-dealkylation sites (N-methyl/N-ethyl adjacent to an activating group) is 1. The Morgan fingerprint density at radius 1 is 1.45 bits per heavy atom. The van der Waals surface area contributed by atoms with Crippen molar-refractivity contribution < 1.29 is 18.7 Å². The normalized spacial score (nSPS) is 17.0. The number of rotatable bonds is 6. The van der Waals surface area contributed by atoms with E-state index in [0.29, 0.717) is 6.42 Å². The fraction of sp³-hybridized carbons (Fsp3) is 0.562. The van der Waals surface area contributed by atoms with Crippen LogP contribution < -0.4 is 5.32 Å². The number of nitrogens with one attached hydrogen (secondary N) is 1. The van der Waals surface area contributed by atoms with Crippen LogP contribution in [0.1, 0.15) is 37.8 Å². The van der Waals surface area contributed by atoms with Gasteiger partial charge in [-0.25, -0.2) is 13.6 Å². The minimum absolute atomic E-state index is 0.131. The SMILES string of the molecule is CCC(NC(=O)N(C)CC(O)C1CC1)c1cc(F)ccc1F. The predicted molar refractivity (Wildman–Crippen MR) is 79.3 cm³/mol. The molecule has 0 saturated heterocycles. The zero-order chi connectivity index (χ0) is 16.3. The fourth-order valence-electron chi connectivity index (χ4n) is 2.43. The maximum atomic E-state index is 13.8. The summed E-state index contributed by atoms with van der Waals surface area (Å²) in [7, 11) is 1.58. The van der Waals surface area contributed by atoms with Crippen LogP contribution >= 0.6 is 0 Å². The van der Waals surface area contributed by atoms with Crippen molar-refractivity contribution in [1.29, 1.82) is 0 Å². The van der Waals surface area contributed by atoms with Crippen molar-refractivity contribution in [2.75, 3.05) is 13.6 Å². The molecule has 0 radical (unpaired) electrons. The van der Waals surface area contributed by atoms with Crippen molar-refractivity contribution in [2.24, 2.45) is 5.92 Å². The number of carbonyl (C=O) groups excluding carboxylic acids is 1. The topological polar surface area (TPSA) is 52.6 Å². The average Bonchev–Trinajstić information content (AvgIpc) is 3.31. The number of hydrogen-bond acceptors (Lipinski definition) is 2. The van der Waals surface area contributed by atoms with Crippen molar-refractivity contribution in [3.05, 3.63) is 35.4 Å². The van der Waals surface area contributed by atoms with Gasteiger partial charge in [-0.2, -0.15) is 0 Å². The van der Waals surface area contributed by atoms with Crippen LogP contribution in [0, 0.1) is 17.6 Å². The molecule has 2 N–H and O–H groups in total. The lowest BCUT2D eigenvalue weighted by molar-refractivity contribution is 0.112. The highest BCUT2D eigenvalue weighted by Crippen LogP contribution is 2.32. The van der Waals surface area contributed by atoms with Crippen molar-refractivity contribution in [1.82, 2.24) is 10.2 Å². The molecule has 0 heterocycles. The molecule has 122 valence electrons. The van der Waals surface area contributed by atoms with Crippen LogP contribution in [-0.2, 0) is 0 Å². The maximum absolute atomic E-state index is 13.8. The Kier molecular flexibility index (Phi) is 5.34. The van der Waals surface area contributed by atoms with Gasteiger partial charge in [0.05, 0.1) is 12.1 Å². The lowest BCUT2D eigenvalue weighted by Crippen LogP contribution is -2.43. The summed E-state index contributed by atoms with van der Waals surface area (Å²) in [4.78, 5) is 13.5. The van der Waals surface area contributed by atoms with Crippen molar-refractivity contribution in [3.8, 4) is 0 Å². The molecule has 22 heavy (non-hydrogen) atoms. The van der Waals surface area contributed by atoms with E-state index in [1.807, 2.05) is 0 Å². The van der Waals surface area contributed by atoms with Gasteiger partial charge in [0.25, 0.3) is 0 Å². The summed E-state index contributed by atoms with van der Waals surface area (Å²) in [5, 5.41) is 12.6. The molecule has 2 rings (SSSR count). The first-order valence-electron chi connectivity index (χ1n) is 7.57. The van der Waals surface area contributed by atoms with E-state index in [-0.39, 0.29) is 18.0 Å². The summed E-state index contributed by atoms with van der Waals surface area (Å²) in [6.07, 6.45) is 1.89. The molecule has 1 aliphatic rings. The number of carbonyl (C=O) groups is 1. The van der Waals surface area contributed by atoms with Gasteiger partial charge in [0.15, 0.2) is 0 Å². The molecular formula is C16H22F2N2O2. The van der Waals surface area contributed by atoms with Gasteiger partial charge in [-0.15, -0.1) is 0 Å². The third-order valence-electron chi connectivity index (χ3n) is 4.01. The Morgan fingerprint density at radius 3 is 2.73 bits per heavy atom. The summed E-state index contributed by atoms with van der Waals surface area (Å²) in [5.74, 6) is -0.811. The highest BCUT2D eigenvalue weighted by atomic mass is 19.1. The van der Waals surface area contributed by atoms with E-state index in [9.17, 15) is 18.7 Å². The molecule has 4 nitrogen and oxygen atoms in total.